The molecule has 5 atom stereocenters. The average Bonchev–Trinajstić information content (AvgIpc) is 3.88. The monoisotopic (exact) mass is 735 g/mol. The molecule has 2 aromatic carbocycles. The molecule has 4 amide bonds. The smallest absolute Gasteiger partial charge is 0.243 e. The number of morpholine rings is 1. The lowest BCUT2D eigenvalue weighted by Crippen LogP contribution is -2.53. The molecule has 0 bridgehead atoms. The van der Waals surface area contributed by atoms with Gasteiger partial charge in [-0.1, -0.05) is 88.4 Å². The van der Waals surface area contributed by atoms with E-state index in [1.54, 1.807) is 6.92 Å². The second-order valence-electron chi connectivity index (χ2n) is 15.2. The summed E-state index contributed by atoms with van der Waals surface area (Å²) in [4.78, 5) is 63.6. The minimum atomic E-state index is -0.792. The number of epoxide rings is 1. The molecule has 292 valence electrons. The van der Waals surface area contributed by atoms with E-state index < -0.39 is 23.7 Å². The predicted octanol–water partition coefficient (Wildman–Crippen LogP) is 3.22. The lowest BCUT2D eigenvalue weighted by molar-refractivity contribution is -0.132. The highest BCUT2D eigenvalue weighted by Gasteiger charge is 2.50. The number of amides is 4. The first-order valence-electron chi connectivity index (χ1n) is 19.0. The maximum atomic E-state index is 12.8. The minimum Gasteiger partial charge on any atom is -0.379 e. The number of rotatable bonds is 20. The molecule has 2 aromatic rings. The van der Waals surface area contributed by atoms with Gasteiger partial charge >= 0.3 is 0 Å². The molecular formula is C41H61N5O7. The van der Waals surface area contributed by atoms with Crippen molar-refractivity contribution in [3.05, 3.63) is 71.8 Å². The van der Waals surface area contributed by atoms with Gasteiger partial charge in [0, 0.05) is 25.6 Å². The number of hydrogen-bond acceptors (Lipinski definition) is 8. The van der Waals surface area contributed by atoms with Gasteiger partial charge < -0.3 is 30.7 Å². The number of hydrogen-bond donors (Lipinski definition) is 4. The molecule has 0 aromatic heterocycles. The first-order chi connectivity index (χ1) is 25.3. The van der Waals surface area contributed by atoms with E-state index in [0.717, 1.165) is 37.1 Å². The summed E-state index contributed by atoms with van der Waals surface area (Å²) in [7, 11) is 0. The van der Waals surface area contributed by atoms with E-state index in [0.29, 0.717) is 58.0 Å². The van der Waals surface area contributed by atoms with Crippen molar-refractivity contribution in [2.75, 3.05) is 39.5 Å². The Labute approximate surface area is 315 Å². The van der Waals surface area contributed by atoms with Crippen molar-refractivity contribution < 1.29 is 33.4 Å². The van der Waals surface area contributed by atoms with Gasteiger partial charge in [-0.2, -0.15) is 0 Å². The van der Waals surface area contributed by atoms with Crippen LogP contribution in [-0.4, -0.2) is 104 Å². The Balaban J connectivity index is 0.000000287. The van der Waals surface area contributed by atoms with Crippen LogP contribution in [0.1, 0.15) is 71.9 Å². The summed E-state index contributed by atoms with van der Waals surface area (Å²) in [6.07, 6.45) is 3.65. The summed E-state index contributed by atoms with van der Waals surface area (Å²) in [6.45, 7) is 15.5. The van der Waals surface area contributed by atoms with Gasteiger partial charge in [0.05, 0.1) is 32.4 Å². The largest absolute Gasteiger partial charge is 0.379 e. The molecule has 53 heavy (non-hydrogen) atoms. The molecule has 2 saturated heterocycles. The maximum Gasteiger partial charge on any atom is 0.243 e. The number of carbonyl (C=O) groups is 5. The van der Waals surface area contributed by atoms with Crippen LogP contribution in [0.4, 0.5) is 0 Å². The highest BCUT2D eigenvalue weighted by atomic mass is 16.6. The fraction of sp³-hybridized carbons (Fsp3) is 0.585. The van der Waals surface area contributed by atoms with E-state index in [9.17, 15) is 24.0 Å². The van der Waals surface area contributed by atoms with Gasteiger partial charge in [-0.15, -0.1) is 0 Å². The van der Waals surface area contributed by atoms with Gasteiger partial charge in [-0.05, 0) is 62.5 Å². The van der Waals surface area contributed by atoms with Crippen molar-refractivity contribution in [2.24, 2.45) is 11.8 Å². The fourth-order valence-corrected chi connectivity index (χ4v) is 6.29. The van der Waals surface area contributed by atoms with E-state index >= 15 is 0 Å². The minimum absolute atomic E-state index is 0.0860. The Bertz CT molecular complexity index is 1430. The Morgan fingerprint density at radius 1 is 0.774 bits per heavy atom. The molecule has 12 nitrogen and oxygen atoms in total. The first kappa shape index (κ1) is 43.3. The molecule has 2 aliphatic heterocycles. The van der Waals surface area contributed by atoms with Crippen molar-refractivity contribution in [1.29, 1.82) is 0 Å². The molecule has 0 radical (unpaired) electrons. The second kappa shape index (κ2) is 22.2. The van der Waals surface area contributed by atoms with Crippen LogP contribution in [0.15, 0.2) is 60.7 Å². The lowest BCUT2D eigenvalue weighted by atomic mass is 9.93. The Morgan fingerprint density at radius 3 is 1.89 bits per heavy atom. The standard InChI is InChI=1S/C22H35N3O3.C19H26N2O4/c1-17(2)15-18(3)23-22(27)20(10-9-19-7-5-4-6-8-19)24-21(26)16-25-11-13-28-14-12-25;1-13(2)9-15(17(23)19(3)11-25-19)21-18(24)16(20-12-22)10-14-7-5-4-6-8-14/h4-8,17-18,20H,9-16H2,1-3H3,(H,23,27)(H,24,26);4-8,12-13,15-16H,9-11H2,1-3H3,(H,20,22)(H,21,24)/t18?,20-;/m0./s1. The fourth-order valence-electron chi connectivity index (χ4n) is 6.29. The maximum absolute atomic E-state index is 12.8. The number of nitrogens with zero attached hydrogens (tertiary/aromatic N) is 1. The molecule has 0 spiro atoms. The number of nitrogens with one attached hydrogen (secondary N) is 4. The van der Waals surface area contributed by atoms with E-state index in [-0.39, 0.29) is 35.5 Å². The Kier molecular flexibility index (Phi) is 18.1. The van der Waals surface area contributed by atoms with Gasteiger partial charge in [0.15, 0.2) is 5.78 Å². The second-order valence-corrected chi connectivity index (χ2v) is 15.2. The molecule has 2 heterocycles. The molecule has 0 saturated carbocycles. The number of ether oxygens (including phenoxy) is 2. The van der Waals surface area contributed by atoms with Crippen LogP contribution < -0.4 is 21.3 Å². The third kappa shape index (κ3) is 16.2. The summed E-state index contributed by atoms with van der Waals surface area (Å²) in [5.41, 5.74) is 1.30. The van der Waals surface area contributed by atoms with Gasteiger partial charge in [0.2, 0.25) is 24.1 Å². The van der Waals surface area contributed by atoms with Gasteiger partial charge in [0.1, 0.15) is 17.7 Å². The normalized spacial score (nSPS) is 19.1. The summed E-state index contributed by atoms with van der Waals surface area (Å²) in [5.74, 6) is 0.0709. The van der Waals surface area contributed by atoms with Crippen LogP contribution in [0, 0.1) is 11.8 Å². The summed E-state index contributed by atoms with van der Waals surface area (Å²) in [6, 6.07) is 17.7. The molecule has 4 unspecified atom stereocenters. The molecule has 2 aliphatic rings. The van der Waals surface area contributed by atoms with Crippen LogP contribution >= 0.6 is 0 Å². The van der Waals surface area contributed by atoms with Crippen LogP contribution in [0.3, 0.4) is 0 Å². The van der Waals surface area contributed by atoms with Gasteiger partial charge in [-0.3, -0.25) is 28.9 Å². The zero-order valence-corrected chi connectivity index (χ0v) is 32.4. The van der Waals surface area contributed by atoms with Gasteiger partial charge in [0.25, 0.3) is 0 Å². The summed E-state index contributed by atoms with van der Waals surface area (Å²) in [5, 5.41) is 11.4. The van der Waals surface area contributed by atoms with Crippen LogP contribution in [0.5, 0.6) is 0 Å². The van der Waals surface area contributed by atoms with Gasteiger partial charge in [-0.25, -0.2) is 0 Å². The summed E-state index contributed by atoms with van der Waals surface area (Å²) >= 11 is 0. The van der Waals surface area contributed by atoms with Crippen molar-refractivity contribution >= 4 is 29.9 Å². The highest BCUT2D eigenvalue weighted by Crippen LogP contribution is 2.29. The Hall–Kier alpha value is -4.13. The number of benzene rings is 2. The SMILES string of the molecule is CC(C)CC(C)NC(=O)[C@H](CCc1ccccc1)NC(=O)CN1CCOCC1.CC(C)CC(NC(=O)C(Cc1ccccc1)NC=O)C(=O)C1(C)CO1. The van der Waals surface area contributed by atoms with E-state index in [1.807, 2.05) is 81.4 Å². The number of ketones is 1. The zero-order valence-electron chi connectivity index (χ0n) is 32.4. The van der Waals surface area contributed by atoms with E-state index in [4.69, 9.17) is 9.47 Å². The number of carbonyl (C=O) groups excluding carboxylic acids is 5. The van der Waals surface area contributed by atoms with Crippen LogP contribution in [-0.2, 0) is 46.3 Å². The van der Waals surface area contributed by atoms with Crippen LogP contribution in [0.2, 0.25) is 0 Å². The quantitative estimate of drug-likeness (QED) is 0.119. The van der Waals surface area contributed by atoms with Crippen molar-refractivity contribution in [3.8, 4) is 0 Å². The number of Topliss-reactive ketones (excluding diaryl/α,β-unsaturated/α-hetero) is 1. The highest BCUT2D eigenvalue weighted by molar-refractivity contribution is 5.97. The third-order valence-electron chi connectivity index (χ3n) is 9.21. The zero-order chi connectivity index (χ0) is 38.8. The predicted molar refractivity (Wildman–Crippen MR) is 205 cm³/mol. The molecule has 0 aliphatic carbocycles. The molecule has 2 fully saturated rings. The molecular weight excluding hydrogens is 674 g/mol. The van der Waals surface area contributed by atoms with Crippen molar-refractivity contribution in [2.45, 2.75) is 103 Å². The average molecular weight is 736 g/mol. The van der Waals surface area contributed by atoms with Crippen LogP contribution in [0.25, 0.3) is 0 Å². The lowest BCUT2D eigenvalue weighted by Gasteiger charge is -2.27. The molecule has 12 heteroatoms. The first-order valence-corrected chi connectivity index (χ1v) is 19.0. The van der Waals surface area contributed by atoms with E-state index in [2.05, 4.69) is 40.0 Å². The Morgan fingerprint density at radius 2 is 1.34 bits per heavy atom. The molecule has 4 rings (SSSR count). The van der Waals surface area contributed by atoms with Crippen molar-refractivity contribution in [3.63, 3.8) is 0 Å². The number of aryl methyl sites for hydroxylation is 1. The third-order valence-corrected chi connectivity index (χ3v) is 9.21. The topological polar surface area (TPSA) is 158 Å². The van der Waals surface area contributed by atoms with E-state index in [1.165, 1.54) is 0 Å². The van der Waals surface area contributed by atoms with Crippen molar-refractivity contribution in [1.82, 2.24) is 26.2 Å². The molecule has 4 N–H and O–H groups in total. The summed E-state index contributed by atoms with van der Waals surface area (Å²) < 4.78 is 10.6.